The number of rotatable bonds is 8. The molecule has 192 valence electrons. The number of tetrazole rings is 1. The van der Waals surface area contributed by atoms with Crippen LogP contribution >= 0.6 is 0 Å². The van der Waals surface area contributed by atoms with Gasteiger partial charge in [0, 0.05) is 36.7 Å². The van der Waals surface area contributed by atoms with Crippen molar-refractivity contribution in [3.63, 3.8) is 0 Å². The number of H-pyrrole nitrogens is 1. The van der Waals surface area contributed by atoms with E-state index < -0.39 is 0 Å². The molecule has 2 aromatic heterocycles. The quantitative estimate of drug-likeness (QED) is 0.392. The number of hydrogen-bond acceptors (Lipinski definition) is 8. The Balaban J connectivity index is 1.29. The van der Waals surface area contributed by atoms with Gasteiger partial charge in [-0.1, -0.05) is 29.8 Å². The third-order valence-corrected chi connectivity index (χ3v) is 6.88. The summed E-state index contributed by atoms with van der Waals surface area (Å²) in [5, 5.41) is 13.3. The van der Waals surface area contributed by atoms with E-state index in [-0.39, 0.29) is 11.7 Å². The summed E-state index contributed by atoms with van der Waals surface area (Å²) < 4.78 is 19.0. The molecular weight excluding hydrogens is 472 g/mol. The van der Waals surface area contributed by atoms with Crippen LogP contribution in [-0.2, 0) is 30.9 Å². The molecule has 0 saturated carbocycles. The molecule has 0 bridgehead atoms. The second kappa shape index (κ2) is 10.3. The van der Waals surface area contributed by atoms with Gasteiger partial charge in [0.1, 0.15) is 13.2 Å². The van der Waals surface area contributed by atoms with Gasteiger partial charge in [0.05, 0.1) is 24.7 Å². The molecule has 1 N–H and O–H groups in total. The fraction of sp³-hybridized carbons (Fsp3) is 0.407. The van der Waals surface area contributed by atoms with Gasteiger partial charge in [-0.15, -0.1) is 5.10 Å². The maximum atomic E-state index is 13.1. The Hall–Kier alpha value is -3.76. The number of pyridine rings is 1. The monoisotopic (exact) mass is 502 g/mol. The Morgan fingerprint density at radius 2 is 1.84 bits per heavy atom. The summed E-state index contributed by atoms with van der Waals surface area (Å²) in [4.78, 5) is 18.3. The van der Waals surface area contributed by atoms with Crippen molar-refractivity contribution in [2.24, 2.45) is 0 Å². The molecule has 0 radical (unpaired) electrons. The lowest BCUT2D eigenvalue weighted by Crippen LogP contribution is -2.29. The Kier molecular flexibility index (Phi) is 6.58. The van der Waals surface area contributed by atoms with Crippen molar-refractivity contribution in [1.29, 1.82) is 0 Å². The van der Waals surface area contributed by atoms with Crippen LogP contribution in [0.4, 0.5) is 0 Å². The third kappa shape index (κ3) is 5.35. The lowest BCUT2D eigenvalue weighted by Gasteiger charge is -2.23. The third-order valence-electron chi connectivity index (χ3n) is 6.88. The summed E-state index contributed by atoms with van der Waals surface area (Å²) in [5.41, 5.74) is 3.62. The summed E-state index contributed by atoms with van der Waals surface area (Å²) in [6.45, 7) is 6.07. The molecule has 1 unspecified atom stereocenters. The summed E-state index contributed by atoms with van der Waals surface area (Å²) in [5.74, 6) is 2.10. The van der Waals surface area contributed by atoms with E-state index in [9.17, 15) is 4.79 Å². The fourth-order valence-electron chi connectivity index (χ4n) is 4.93. The van der Waals surface area contributed by atoms with E-state index in [1.807, 2.05) is 22.9 Å². The van der Waals surface area contributed by atoms with Gasteiger partial charge < -0.3 is 19.2 Å². The number of fused-ring (bicyclic) bond motifs is 2. The highest BCUT2D eigenvalue weighted by Crippen LogP contribution is 2.33. The van der Waals surface area contributed by atoms with Crippen molar-refractivity contribution in [1.82, 2.24) is 30.1 Å². The van der Waals surface area contributed by atoms with Crippen molar-refractivity contribution in [3.8, 4) is 11.5 Å². The molecule has 37 heavy (non-hydrogen) atoms. The first-order chi connectivity index (χ1) is 18.1. The average molecular weight is 503 g/mol. The minimum absolute atomic E-state index is 0.128. The Morgan fingerprint density at radius 1 is 1.03 bits per heavy atom. The first-order valence-electron chi connectivity index (χ1n) is 12.7. The lowest BCUT2D eigenvalue weighted by molar-refractivity contribution is 0.0914. The van der Waals surface area contributed by atoms with Crippen molar-refractivity contribution in [3.05, 3.63) is 75.3 Å². The van der Waals surface area contributed by atoms with Crippen LogP contribution in [0.5, 0.6) is 11.5 Å². The Bertz CT molecular complexity index is 1440. The van der Waals surface area contributed by atoms with Crippen LogP contribution in [0.25, 0.3) is 10.9 Å². The van der Waals surface area contributed by atoms with Crippen LogP contribution in [0, 0.1) is 6.92 Å². The molecule has 6 rings (SSSR count). The molecule has 10 heteroatoms. The van der Waals surface area contributed by atoms with E-state index in [0.717, 1.165) is 41.7 Å². The molecule has 10 nitrogen and oxygen atoms in total. The highest BCUT2D eigenvalue weighted by Gasteiger charge is 2.21. The van der Waals surface area contributed by atoms with Gasteiger partial charge >= 0.3 is 0 Å². The van der Waals surface area contributed by atoms with E-state index in [1.54, 1.807) is 0 Å². The minimum atomic E-state index is -0.128. The molecule has 1 saturated heterocycles. The lowest BCUT2D eigenvalue weighted by atomic mass is 10.1. The van der Waals surface area contributed by atoms with E-state index in [2.05, 4.69) is 56.6 Å². The van der Waals surface area contributed by atoms with Gasteiger partial charge in [0.25, 0.3) is 5.56 Å². The van der Waals surface area contributed by atoms with Gasteiger partial charge in [0.2, 0.25) is 0 Å². The second-order valence-electron chi connectivity index (χ2n) is 9.75. The molecule has 1 atom stereocenters. The molecule has 4 heterocycles. The highest BCUT2D eigenvalue weighted by molar-refractivity contribution is 5.83. The molecular formula is C27H30N6O4. The van der Waals surface area contributed by atoms with Crippen molar-refractivity contribution >= 4 is 10.9 Å². The predicted octanol–water partition coefficient (Wildman–Crippen LogP) is 2.98. The number of aromatic nitrogens is 5. The molecule has 1 fully saturated rings. The standard InChI is InChI=1S/C27H30N6O4/c1-18-4-6-19(7-5-18)14-32(17-26-29-30-31-33(26)16-22-3-2-8-35-22)15-21-11-20-12-24-25(37-10-9-36-24)13-23(20)28-27(21)34/h4-7,11-13,22H,2-3,8-10,14-17H2,1H3,(H,28,34). The molecule has 2 aliphatic rings. The normalized spacial score (nSPS) is 17.1. The number of benzene rings is 2. The highest BCUT2D eigenvalue weighted by atomic mass is 16.6. The molecule has 0 aliphatic carbocycles. The van der Waals surface area contributed by atoms with Crippen LogP contribution in [0.2, 0.25) is 0 Å². The van der Waals surface area contributed by atoms with E-state index in [4.69, 9.17) is 14.2 Å². The molecule has 4 aromatic rings. The van der Waals surface area contributed by atoms with Gasteiger partial charge in [-0.2, -0.15) is 0 Å². The maximum Gasteiger partial charge on any atom is 0.252 e. The van der Waals surface area contributed by atoms with Crippen LogP contribution in [0.1, 0.15) is 35.4 Å². The van der Waals surface area contributed by atoms with Crippen LogP contribution in [-0.4, -0.2) is 56.0 Å². The van der Waals surface area contributed by atoms with E-state index >= 15 is 0 Å². The summed E-state index contributed by atoms with van der Waals surface area (Å²) in [6.07, 6.45) is 2.21. The molecule has 0 amide bonds. The fourth-order valence-corrected chi connectivity index (χ4v) is 4.93. The Morgan fingerprint density at radius 3 is 2.62 bits per heavy atom. The van der Waals surface area contributed by atoms with Gasteiger partial charge in [-0.3, -0.25) is 9.69 Å². The molecule has 2 aliphatic heterocycles. The van der Waals surface area contributed by atoms with E-state index in [0.29, 0.717) is 56.5 Å². The first kappa shape index (κ1) is 23.6. The smallest absolute Gasteiger partial charge is 0.252 e. The summed E-state index contributed by atoms with van der Waals surface area (Å²) >= 11 is 0. The number of aromatic amines is 1. The van der Waals surface area contributed by atoms with E-state index in [1.165, 1.54) is 5.56 Å². The summed E-state index contributed by atoms with van der Waals surface area (Å²) in [6, 6.07) is 14.1. The van der Waals surface area contributed by atoms with Crippen LogP contribution in [0.15, 0.2) is 47.3 Å². The topological polar surface area (TPSA) is 107 Å². The van der Waals surface area contributed by atoms with Gasteiger partial charge in [0.15, 0.2) is 17.3 Å². The molecule has 0 spiro atoms. The largest absolute Gasteiger partial charge is 0.486 e. The zero-order valence-electron chi connectivity index (χ0n) is 20.9. The minimum Gasteiger partial charge on any atom is -0.486 e. The summed E-state index contributed by atoms with van der Waals surface area (Å²) in [7, 11) is 0. The van der Waals surface area contributed by atoms with Crippen LogP contribution in [0.3, 0.4) is 0 Å². The zero-order valence-corrected chi connectivity index (χ0v) is 20.9. The maximum absolute atomic E-state index is 13.1. The number of nitrogens with one attached hydrogen (secondary N) is 1. The van der Waals surface area contributed by atoms with Gasteiger partial charge in [-0.05, 0) is 47.9 Å². The zero-order chi connectivity index (χ0) is 25.2. The van der Waals surface area contributed by atoms with Crippen molar-refractivity contribution in [2.45, 2.75) is 52.0 Å². The Labute approximate surface area is 214 Å². The average Bonchev–Trinajstić information content (AvgIpc) is 3.57. The number of nitrogens with zero attached hydrogens (tertiary/aromatic N) is 5. The molecule has 2 aromatic carbocycles. The van der Waals surface area contributed by atoms with Gasteiger partial charge in [-0.25, -0.2) is 4.68 Å². The predicted molar refractivity (Wildman–Crippen MR) is 136 cm³/mol. The second-order valence-corrected chi connectivity index (χ2v) is 9.75. The number of aryl methyl sites for hydroxylation is 1. The SMILES string of the molecule is Cc1ccc(CN(Cc2cc3cc4c(cc3[nH]c2=O)OCCO4)Cc2nnnn2CC2CCCO2)cc1. The van der Waals surface area contributed by atoms with Crippen molar-refractivity contribution < 1.29 is 14.2 Å². The number of ether oxygens (including phenoxy) is 3. The first-order valence-corrected chi connectivity index (χ1v) is 12.7. The van der Waals surface area contributed by atoms with Crippen molar-refractivity contribution in [2.75, 3.05) is 19.8 Å². The van der Waals surface area contributed by atoms with Crippen LogP contribution < -0.4 is 15.0 Å². The number of hydrogen-bond donors (Lipinski definition) is 1.